The van der Waals surface area contributed by atoms with Crippen LogP contribution >= 0.6 is 0 Å². The van der Waals surface area contributed by atoms with Crippen molar-refractivity contribution in [3.63, 3.8) is 0 Å². The number of nitrogen functional groups attached to an aromatic ring is 1. The Morgan fingerprint density at radius 3 is 3.00 bits per heavy atom. The third kappa shape index (κ3) is 2.39. The fourth-order valence-electron chi connectivity index (χ4n) is 2.30. The molecule has 2 aromatic rings. The number of aromatic amines is 1. The average molecular weight is 260 g/mol. The SMILES string of the molecule is Nc1ccc2[nH]nc(C(=O)NC3CCOCC3)c2c1. The van der Waals surface area contributed by atoms with Crippen molar-refractivity contribution in [1.29, 1.82) is 0 Å². The van der Waals surface area contributed by atoms with E-state index in [0.717, 1.165) is 23.7 Å². The fourth-order valence-corrected chi connectivity index (χ4v) is 2.30. The molecule has 6 heteroatoms. The maximum atomic E-state index is 12.2. The molecule has 2 heterocycles. The van der Waals surface area contributed by atoms with Crippen LogP contribution in [0.15, 0.2) is 18.2 Å². The Morgan fingerprint density at radius 1 is 1.42 bits per heavy atom. The topological polar surface area (TPSA) is 93.0 Å². The van der Waals surface area contributed by atoms with Gasteiger partial charge in [0.25, 0.3) is 5.91 Å². The van der Waals surface area contributed by atoms with Crippen molar-refractivity contribution in [3.8, 4) is 0 Å². The molecule has 6 nitrogen and oxygen atoms in total. The number of nitrogens with one attached hydrogen (secondary N) is 2. The molecule has 19 heavy (non-hydrogen) atoms. The Bertz CT molecular complexity index is 602. The summed E-state index contributed by atoms with van der Waals surface area (Å²) in [6.45, 7) is 1.39. The molecule has 0 unspecified atom stereocenters. The Kier molecular flexibility index (Phi) is 3.08. The number of carbonyl (C=O) groups is 1. The summed E-state index contributed by atoms with van der Waals surface area (Å²) < 4.78 is 5.27. The van der Waals surface area contributed by atoms with Crippen LogP contribution in [0.5, 0.6) is 0 Å². The molecular weight excluding hydrogens is 244 g/mol. The number of aromatic nitrogens is 2. The zero-order valence-corrected chi connectivity index (χ0v) is 10.5. The van der Waals surface area contributed by atoms with Gasteiger partial charge >= 0.3 is 0 Å². The Labute approximate surface area is 110 Å². The summed E-state index contributed by atoms with van der Waals surface area (Å²) in [4.78, 5) is 12.2. The second-order valence-corrected chi connectivity index (χ2v) is 4.74. The van der Waals surface area contributed by atoms with E-state index in [9.17, 15) is 4.79 Å². The lowest BCUT2D eigenvalue weighted by Gasteiger charge is -2.22. The molecule has 0 bridgehead atoms. The van der Waals surface area contributed by atoms with Gasteiger partial charge in [-0.05, 0) is 31.0 Å². The number of benzene rings is 1. The summed E-state index contributed by atoms with van der Waals surface area (Å²) in [6.07, 6.45) is 1.69. The maximum absolute atomic E-state index is 12.2. The standard InChI is InChI=1S/C13H16N4O2/c14-8-1-2-11-10(7-8)12(17-16-11)13(18)15-9-3-5-19-6-4-9/h1-2,7,9H,3-6,14H2,(H,15,18)(H,16,17). The molecule has 1 aromatic carbocycles. The molecule has 1 amide bonds. The molecule has 1 saturated heterocycles. The van der Waals surface area contributed by atoms with Crippen molar-refractivity contribution in [1.82, 2.24) is 15.5 Å². The molecule has 0 spiro atoms. The van der Waals surface area contributed by atoms with Gasteiger partial charge in [-0.2, -0.15) is 5.10 Å². The minimum absolute atomic E-state index is 0.161. The van der Waals surface area contributed by atoms with Crippen LogP contribution in [0.4, 0.5) is 5.69 Å². The third-order valence-corrected chi connectivity index (χ3v) is 3.36. The molecular formula is C13H16N4O2. The minimum Gasteiger partial charge on any atom is -0.399 e. The number of rotatable bonds is 2. The van der Waals surface area contributed by atoms with E-state index in [1.54, 1.807) is 12.1 Å². The Hall–Kier alpha value is -2.08. The van der Waals surface area contributed by atoms with E-state index in [1.807, 2.05) is 6.07 Å². The summed E-state index contributed by atoms with van der Waals surface area (Å²) in [5, 5.41) is 10.7. The Morgan fingerprint density at radius 2 is 2.21 bits per heavy atom. The highest BCUT2D eigenvalue weighted by atomic mass is 16.5. The van der Waals surface area contributed by atoms with Gasteiger partial charge in [-0.25, -0.2) is 0 Å². The highest BCUT2D eigenvalue weighted by Gasteiger charge is 2.20. The number of H-pyrrole nitrogens is 1. The number of anilines is 1. The number of nitrogens with zero attached hydrogens (tertiary/aromatic N) is 1. The minimum atomic E-state index is -0.163. The smallest absolute Gasteiger partial charge is 0.272 e. The predicted molar refractivity (Wildman–Crippen MR) is 71.8 cm³/mol. The van der Waals surface area contributed by atoms with Gasteiger partial charge in [0.1, 0.15) is 0 Å². The molecule has 100 valence electrons. The number of hydrogen-bond acceptors (Lipinski definition) is 4. The van der Waals surface area contributed by atoms with E-state index in [4.69, 9.17) is 10.5 Å². The summed E-state index contributed by atoms with van der Waals surface area (Å²) >= 11 is 0. The first-order valence-electron chi connectivity index (χ1n) is 6.36. The highest BCUT2D eigenvalue weighted by Crippen LogP contribution is 2.19. The first kappa shape index (κ1) is 12.0. The second kappa shape index (κ2) is 4.89. The van der Waals surface area contributed by atoms with Crippen molar-refractivity contribution >= 4 is 22.5 Å². The zero-order valence-electron chi connectivity index (χ0n) is 10.5. The molecule has 3 rings (SSSR count). The molecule has 0 atom stereocenters. The van der Waals surface area contributed by atoms with Gasteiger partial charge in [0.2, 0.25) is 0 Å². The lowest BCUT2D eigenvalue weighted by molar-refractivity contribution is 0.0695. The number of hydrogen-bond donors (Lipinski definition) is 3. The lowest BCUT2D eigenvalue weighted by atomic mass is 10.1. The van der Waals surface area contributed by atoms with Crippen LogP contribution in [0.3, 0.4) is 0 Å². The van der Waals surface area contributed by atoms with E-state index >= 15 is 0 Å². The van der Waals surface area contributed by atoms with Gasteiger partial charge in [0.15, 0.2) is 5.69 Å². The number of fused-ring (bicyclic) bond motifs is 1. The van der Waals surface area contributed by atoms with Gasteiger partial charge in [-0.3, -0.25) is 9.89 Å². The maximum Gasteiger partial charge on any atom is 0.272 e. The summed E-state index contributed by atoms with van der Waals surface area (Å²) in [6, 6.07) is 5.52. The van der Waals surface area contributed by atoms with Gasteiger partial charge < -0.3 is 15.8 Å². The lowest BCUT2D eigenvalue weighted by Crippen LogP contribution is -2.39. The summed E-state index contributed by atoms with van der Waals surface area (Å²) in [7, 11) is 0. The quantitative estimate of drug-likeness (QED) is 0.704. The van der Waals surface area contributed by atoms with Crippen LogP contribution in [-0.4, -0.2) is 35.4 Å². The predicted octanol–water partition coefficient (Wildman–Crippen LogP) is 1.05. The molecule has 1 aliphatic heterocycles. The Balaban J connectivity index is 1.82. The van der Waals surface area contributed by atoms with Crippen LogP contribution in [0.25, 0.3) is 10.9 Å². The van der Waals surface area contributed by atoms with Crippen molar-refractivity contribution < 1.29 is 9.53 Å². The van der Waals surface area contributed by atoms with Crippen molar-refractivity contribution in [2.24, 2.45) is 0 Å². The first-order valence-corrected chi connectivity index (χ1v) is 6.36. The molecule has 0 radical (unpaired) electrons. The monoisotopic (exact) mass is 260 g/mol. The second-order valence-electron chi connectivity index (χ2n) is 4.74. The van der Waals surface area contributed by atoms with E-state index in [-0.39, 0.29) is 11.9 Å². The summed E-state index contributed by atoms with van der Waals surface area (Å²) in [5.74, 6) is -0.163. The van der Waals surface area contributed by atoms with Crippen molar-refractivity contribution in [2.45, 2.75) is 18.9 Å². The zero-order chi connectivity index (χ0) is 13.2. The van der Waals surface area contributed by atoms with Crippen molar-refractivity contribution in [2.75, 3.05) is 18.9 Å². The van der Waals surface area contributed by atoms with Gasteiger partial charge in [-0.15, -0.1) is 0 Å². The molecule has 1 fully saturated rings. The van der Waals surface area contributed by atoms with Gasteiger partial charge in [0, 0.05) is 30.3 Å². The van der Waals surface area contributed by atoms with E-state index < -0.39 is 0 Å². The highest BCUT2D eigenvalue weighted by molar-refractivity contribution is 6.05. The summed E-state index contributed by atoms with van der Waals surface area (Å²) in [5.41, 5.74) is 7.57. The van der Waals surface area contributed by atoms with Crippen LogP contribution in [0.2, 0.25) is 0 Å². The molecule has 0 aliphatic carbocycles. The molecule has 0 saturated carbocycles. The third-order valence-electron chi connectivity index (χ3n) is 3.36. The van der Waals surface area contributed by atoms with E-state index in [2.05, 4.69) is 15.5 Å². The average Bonchev–Trinajstić information content (AvgIpc) is 2.82. The van der Waals surface area contributed by atoms with Crippen LogP contribution in [0, 0.1) is 0 Å². The van der Waals surface area contributed by atoms with Gasteiger partial charge in [0.05, 0.1) is 5.52 Å². The number of ether oxygens (including phenoxy) is 1. The molecule has 1 aromatic heterocycles. The van der Waals surface area contributed by atoms with Crippen molar-refractivity contribution in [3.05, 3.63) is 23.9 Å². The number of amides is 1. The van der Waals surface area contributed by atoms with Crippen LogP contribution < -0.4 is 11.1 Å². The first-order chi connectivity index (χ1) is 9.24. The fraction of sp³-hybridized carbons (Fsp3) is 0.385. The van der Waals surface area contributed by atoms with E-state index in [1.165, 1.54) is 0 Å². The van der Waals surface area contributed by atoms with Crippen LogP contribution in [0.1, 0.15) is 23.3 Å². The molecule has 1 aliphatic rings. The largest absolute Gasteiger partial charge is 0.399 e. The number of carbonyl (C=O) groups excluding carboxylic acids is 1. The van der Waals surface area contributed by atoms with Gasteiger partial charge in [-0.1, -0.05) is 0 Å². The normalized spacial score (nSPS) is 16.6. The van der Waals surface area contributed by atoms with E-state index in [0.29, 0.717) is 24.6 Å². The van der Waals surface area contributed by atoms with Crippen LogP contribution in [-0.2, 0) is 4.74 Å². The number of nitrogens with two attached hydrogens (primary N) is 1. The molecule has 4 N–H and O–H groups in total.